The van der Waals surface area contributed by atoms with Crippen LogP contribution in [0.4, 0.5) is 0 Å². The fourth-order valence-corrected chi connectivity index (χ4v) is 0.671. The molecule has 0 atom stereocenters. The first kappa shape index (κ1) is 17.8. The molecule has 0 bridgehead atoms. The van der Waals surface area contributed by atoms with Gasteiger partial charge >= 0.3 is 51.4 Å². The summed E-state index contributed by atoms with van der Waals surface area (Å²) in [4.78, 5) is 0. The monoisotopic (exact) mass is 234 g/mol. The Morgan fingerprint density at radius 1 is 0.643 bits per heavy atom. The van der Waals surface area contributed by atoms with Crippen LogP contribution >= 0.6 is 0 Å². The number of hydrogen-bond acceptors (Lipinski definition) is 5. The minimum absolute atomic E-state index is 0. The van der Waals surface area contributed by atoms with Crippen LogP contribution in [0.25, 0.3) is 0 Å². The second kappa shape index (κ2) is 16.9. The van der Waals surface area contributed by atoms with E-state index in [1.807, 2.05) is 0 Å². The molecule has 0 unspecified atom stereocenters. The number of hydrogen-bond donors (Lipinski definition) is 2. The third kappa shape index (κ3) is 15.9. The summed E-state index contributed by atoms with van der Waals surface area (Å²) in [5.41, 5.74) is 0. The van der Waals surface area contributed by atoms with Crippen LogP contribution in [0.5, 0.6) is 0 Å². The van der Waals surface area contributed by atoms with Gasteiger partial charge in [-0.15, -0.1) is 0 Å². The molecule has 0 aliphatic carbocycles. The van der Waals surface area contributed by atoms with Gasteiger partial charge in [0.05, 0.1) is 52.9 Å². The first-order valence-electron chi connectivity index (χ1n) is 4.36. The van der Waals surface area contributed by atoms with E-state index in [1.165, 1.54) is 0 Å². The van der Waals surface area contributed by atoms with Crippen LogP contribution < -0.4 is 51.4 Å². The second-order valence-corrected chi connectivity index (χ2v) is 2.28. The van der Waals surface area contributed by atoms with Crippen molar-refractivity contribution in [2.24, 2.45) is 0 Å². The summed E-state index contributed by atoms with van der Waals surface area (Å²) in [5, 5.41) is 16.7. The number of ether oxygens (including phenoxy) is 3. The van der Waals surface area contributed by atoms with Crippen molar-refractivity contribution in [2.75, 3.05) is 52.9 Å². The Morgan fingerprint density at radius 2 is 0.929 bits per heavy atom. The van der Waals surface area contributed by atoms with E-state index < -0.39 is 0 Å². The standard InChI is InChI=1S/C8H18O5.K.H/c9-1-3-11-5-7-13-8-6-12-4-2-10;;/h9-10H,1-8H2;;/q;+1;-1. The fraction of sp³-hybridized carbons (Fsp3) is 1.00. The molecule has 5 nitrogen and oxygen atoms in total. The fourth-order valence-electron chi connectivity index (χ4n) is 0.671. The molecule has 0 saturated heterocycles. The minimum atomic E-state index is 0. The molecule has 0 fully saturated rings. The van der Waals surface area contributed by atoms with Gasteiger partial charge in [-0.3, -0.25) is 0 Å². The Bertz CT molecular complexity index is 89.1. The topological polar surface area (TPSA) is 68.2 Å². The van der Waals surface area contributed by atoms with Crippen molar-refractivity contribution in [3.8, 4) is 0 Å². The van der Waals surface area contributed by atoms with E-state index in [0.29, 0.717) is 39.6 Å². The number of aliphatic hydroxyl groups excluding tert-OH is 2. The third-order valence-corrected chi connectivity index (χ3v) is 1.22. The molecular weight excluding hydrogens is 215 g/mol. The first-order valence-corrected chi connectivity index (χ1v) is 4.36. The Balaban J connectivity index is -0.000000720. The Hall–Kier alpha value is 1.44. The van der Waals surface area contributed by atoms with Crippen LogP contribution in [-0.2, 0) is 14.2 Å². The molecule has 14 heavy (non-hydrogen) atoms. The van der Waals surface area contributed by atoms with Crippen LogP contribution in [0.15, 0.2) is 0 Å². The Kier molecular flexibility index (Phi) is 21.4. The Labute approximate surface area is 129 Å². The van der Waals surface area contributed by atoms with Crippen molar-refractivity contribution < 1.29 is 77.2 Å². The second-order valence-electron chi connectivity index (χ2n) is 2.28. The molecule has 0 aromatic rings. The average molecular weight is 234 g/mol. The molecule has 0 aliphatic rings. The van der Waals surface area contributed by atoms with Gasteiger partial charge in [-0.05, 0) is 0 Å². The zero-order valence-electron chi connectivity index (χ0n) is 9.78. The van der Waals surface area contributed by atoms with Crippen LogP contribution in [0.2, 0.25) is 0 Å². The predicted molar refractivity (Wildman–Crippen MR) is 47.7 cm³/mol. The summed E-state index contributed by atoms with van der Waals surface area (Å²) in [5.74, 6) is 0. The predicted octanol–water partition coefficient (Wildman–Crippen LogP) is -3.86. The van der Waals surface area contributed by atoms with Crippen molar-refractivity contribution in [2.45, 2.75) is 0 Å². The van der Waals surface area contributed by atoms with Crippen molar-refractivity contribution in [1.82, 2.24) is 0 Å². The van der Waals surface area contributed by atoms with Crippen molar-refractivity contribution in [1.29, 1.82) is 0 Å². The molecule has 0 amide bonds. The van der Waals surface area contributed by atoms with E-state index in [-0.39, 0.29) is 66.0 Å². The SMILES string of the molecule is OCCOCCOCCOCCO.[H-].[K+]. The largest absolute Gasteiger partial charge is 1.00 e. The molecule has 0 aromatic heterocycles. The molecule has 6 heteroatoms. The van der Waals surface area contributed by atoms with Gasteiger partial charge in [0.1, 0.15) is 0 Å². The molecule has 0 heterocycles. The maximum Gasteiger partial charge on any atom is 1.00 e. The van der Waals surface area contributed by atoms with Gasteiger partial charge in [0.2, 0.25) is 0 Å². The molecule has 82 valence electrons. The molecule has 2 N–H and O–H groups in total. The van der Waals surface area contributed by atoms with Crippen molar-refractivity contribution in [3.05, 3.63) is 0 Å². The van der Waals surface area contributed by atoms with Crippen molar-refractivity contribution in [3.63, 3.8) is 0 Å². The van der Waals surface area contributed by atoms with Gasteiger partial charge in [-0.25, -0.2) is 0 Å². The molecule has 0 aromatic carbocycles. The van der Waals surface area contributed by atoms with E-state index in [0.717, 1.165) is 0 Å². The number of rotatable bonds is 10. The quantitative estimate of drug-likeness (QED) is 0.299. The third-order valence-electron chi connectivity index (χ3n) is 1.22. The summed E-state index contributed by atoms with van der Waals surface area (Å²) in [6.07, 6.45) is 0. The molecule has 0 saturated carbocycles. The van der Waals surface area contributed by atoms with Crippen LogP contribution in [-0.4, -0.2) is 63.1 Å². The molecule has 0 aliphatic heterocycles. The van der Waals surface area contributed by atoms with E-state index in [9.17, 15) is 0 Å². The normalized spacial score (nSPS) is 9.86. The van der Waals surface area contributed by atoms with E-state index >= 15 is 0 Å². The summed E-state index contributed by atoms with van der Waals surface area (Å²) >= 11 is 0. The smallest absolute Gasteiger partial charge is 1.00 e. The van der Waals surface area contributed by atoms with Gasteiger partial charge in [-0.1, -0.05) is 0 Å². The first-order chi connectivity index (χ1) is 6.41. The van der Waals surface area contributed by atoms with Gasteiger partial charge in [-0.2, -0.15) is 0 Å². The van der Waals surface area contributed by atoms with Gasteiger partial charge < -0.3 is 25.9 Å². The zero-order chi connectivity index (χ0) is 9.78. The van der Waals surface area contributed by atoms with Crippen molar-refractivity contribution >= 4 is 0 Å². The molecule has 0 rings (SSSR count). The van der Waals surface area contributed by atoms with Crippen LogP contribution in [0.1, 0.15) is 1.43 Å². The van der Waals surface area contributed by atoms with Gasteiger partial charge in [0.15, 0.2) is 0 Å². The molecular formula is C8H19KO5. The summed E-state index contributed by atoms with van der Waals surface area (Å²) in [7, 11) is 0. The minimum Gasteiger partial charge on any atom is -1.00 e. The van der Waals surface area contributed by atoms with Gasteiger partial charge in [0, 0.05) is 0 Å². The number of aliphatic hydroxyl groups is 2. The summed E-state index contributed by atoms with van der Waals surface area (Å²) in [6.45, 7) is 2.76. The maximum absolute atomic E-state index is 8.36. The van der Waals surface area contributed by atoms with Crippen LogP contribution in [0.3, 0.4) is 0 Å². The van der Waals surface area contributed by atoms with Crippen LogP contribution in [0, 0.1) is 0 Å². The summed E-state index contributed by atoms with van der Waals surface area (Å²) < 4.78 is 15.0. The van der Waals surface area contributed by atoms with E-state index in [4.69, 9.17) is 24.4 Å². The Morgan fingerprint density at radius 3 is 1.21 bits per heavy atom. The maximum atomic E-state index is 8.36. The average Bonchev–Trinajstić information content (AvgIpc) is 2.16. The zero-order valence-corrected chi connectivity index (χ0v) is 11.9. The van der Waals surface area contributed by atoms with E-state index in [2.05, 4.69) is 0 Å². The molecule has 0 radical (unpaired) electrons. The molecule has 0 spiro atoms. The van der Waals surface area contributed by atoms with Gasteiger partial charge in [0.25, 0.3) is 0 Å². The summed E-state index contributed by atoms with van der Waals surface area (Å²) in [6, 6.07) is 0. The van der Waals surface area contributed by atoms with E-state index in [1.54, 1.807) is 0 Å².